The molecule has 85 heavy (non-hydrogen) atoms. The van der Waals surface area contributed by atoms with Gasteiger partial charge in [-0.2, -0.15) is 0 Å². The number of hydrogen-bond donors (Lipinski definition) is 1. The Morgan fingerprint density at radius 1 is 0.494 bits per heavy atom. The Balaban J connectivity index is 1.35. The Morgan fingerprint density at radius 2 is 0.953 bits per heavy atom. The third-order valence-electron chi connectivity index (χ3n) is 21.0. The molecule has 2 amide bonds. The third-order valence-corrected chi connectivity index (χ3v) is 27.9. The average Bonchev–Trinajstić information content (AvgIpc) is 1.60. The summed E-state index contributed by atoms with van der Waals surface area (Å²) in [6, 6.07) is 10.5. The number of imide groups is 1. The third kappa shape index (κ3) is 13.6. The van der Waals surface area contributed by atoms with E-state index in [-0.39, 0.29) is 28.1 Å². The van der Waals surface area contributed by atoms with Gasteiger partial charge in [0.05, 0.1) is 16.0 Å². The van der Waals surface area contributed by atoms with Gasteiger partial charge in [0.2, 0.25) is 0 Å². The van der Waals surface area contributed by atoms with Crippen LogP contribution >= 0.6 is 56.7 Å². The van der Waals surface area contributed by atoms with Gasteiger partial charge in [0.1, 0.15) is 0 Å². The lowest BCUT2D eigenvalue weighted by molar-refractivity contribution is 0.0565. The highest BCUT2D eigenvalue weighted by Gasteiger charge is 2.53. The molecule has 0 spiro atoms. The number of allylic oxidation sites excluding steroid dienone is 1. The van der Waals surface area contributed by atoms with Crippen molar-refractivity contribution in [1.82, 2.24) is 10.4 Å². The number of amides is 2. The number of nitrogens with one attached hydrogen (secondary N) is 1. The van der Waals surface area contributed by atoms with Crippen molar-refractivity contribution in [2.24, 2.45) is 5.92 Å². The van der Waals surface area contributed by atoms with Crippen LogP contribution in [0.25, 0.3) is 35.3 Å². The molecule has 4 nitrogen and oxygen atoms in total. The van der Waals surface area contributed by atoms with E-state index >= 15 is 9.59 Å². The highest BCUT2D eigenvalue weighted by Crippen LogP contribution is 2.66. The molecule has 8 rings (SSSR count). The highest BCUT2D eigenvalue weighted by molar-refractivity contribution is 7.27. The summed E-state index contributed by atoms with van der Waals surface area (Å²) < 4.78 is 0. The van der Waals surface area contributed by atoms with Crippen molar-refractivity contribution >= 4 is 74.6 Å². The standard InChI is InChI=1S/C76H112N2O2S5/c1-13-25-31-36-37-42-48-77-78-71(79)63-64(72(78)80)70(74(24-12,43-30-18-6)62-52-59-67(84-62)65-56(49-55(21-9)81-65)75(59,44-38-32-26-14-2)45-39-33-27-15-3)85-69(63)60-50-57-66(82-60)68-58(76(57,46-40-34-28-16-4)47-41-35-29-17-5)51-61(83-68)73(22-10,23-11)53-54(19-7)20-8/h21-22,49-52,54,77H,9-10,13-20,23-48,53H2,1-8,11-12H3. The van der Waals surface area contributed by atoms with E-state index < -0.39 is 5.41 Å². The first-order valence-corrected chi connectivity index (χ1v) is 39.1. The van der Waals surface area contributed by atoms with Crippen molar-refractivity contribution in [2.45, 2.75) is 309 Å². The summed E-state index contributed by atoms with van der Waals surface area (Å²) in [5, 5.41) is 1.47. The van der Waals surface area contributed by atoms with Gasteiger partial charge in [0.25, 0.3) is 11.8 Å². The maximum Gasteiger partial charge on any atom is 0.277 e. The fourth-order valence-electron chi connectivity index (χ4n) is 15.5. The van der Waals surface area contributed by atoms with Gasteiger partial charge in [0.15, 0.2) is 0 Å². The van der Waals surface area contributed by atoms with Crippen molar-refractivity contribution in [1.29, 1.82) is 0 Å². The van der Waals surface area contributed by atoms with E-state index in [1.54, 1.807) is 16.7 Å². The first-order chi connectivity index (χ1) is 41.4. The number of nitrogens with zero attached hydrogens (tertiary/aromatic N) is 1. The Morgan fingerprint density at radius 3 is 1.46 bits per heavy atom. The van der Waals surface area contributed by atoms with Gasteiger partial charge in [-0.1, -0.05) is 248 Å². The summed E-state index contributed by atoms with van der Waals surface area (Å²) in [4.78, 5) is 44.8. The first kappa shape index (κ1) is 68.0. The monoisotopic (exact) mass is 1240 g/mol. The fourth-order valence-corrected chi connectivity index (χ4v) is 23.0. The van der Waals surface area contributed by atoms with Crippen molar-refractivity contribution < 1.29 is 9.59 Å². The molecule has 468 valence electrons. The molecule has 1 aliphatic heterocycles. The molecule has 0 bridgehead atoms. The second-order valence-electron chi connectivity index (χ2n) is 26.3. The summed E-state index contributed by atoms with van der Waals surface area (Å²) in [6.45, 7) is 33.0. The normalized spacial score (nSPS) is 16.1. The van der Waals surface area contributed by atoms with E-state index in [1.165, 1.54) is 204 Å². The van der Waals surface area contributed by atoms with E-state index in [0.717, 1.165) is 74.0 Å². The average molecular weight is 1250 g/mol. The lowest BCUT2D eigenvalue weighted by atomic mass is 9.70. The summed E-state index contributed by atoms with van der Waals surface area (Å²) in [5.74, 6) is 0.346. The molecule has 6 heterocycles. The maximum absolute atomic E-state index is 15.8. The molecule has 0 radical (unpaired) electrons. The molecule has 5 aromatic rings. The lowest BCUT2D eigenvalue weighted by Crippen LogP contribution is -2.43. The molecule has 2 atom stereocenters. The van der Waals surface area contributed by atoms with Crippen LogP contribution in [-0.4, -0.2) is 23.4 Å². The minimum absolute atomic E-state index is 0.0394. The molecular formula is C76H112N2O2S5. The smallest absolute Gasteiger partial charge is 0.267 e. The van der Waals surface area contributed by atoms with Gasteiger partial charge in [-0.3, -0.25) is 9.59 Å². The second kappa shape index (κ2) is 31.7. The Hall–Kier alpha value is -2.92. The Bertz CT molecular complexity index is 2940. The predicted octanol–water partition coefficient (Wildman–Crippen LogP) is 25.7. The summed E-state index contributed by atoms with van der Waals surface area (Å²) in [7, 11) is 0. The Labute approximate surface area is 538 Å². The quantitative estimate of drug-likeness (QED) is 0.0240. The maximum atomic E-state index is 15.8. The van der Waals surface area contributed by atoms with Crippen molar-refractivity contribution in [3.8, 4) is 29.3 Å². The van der Waals surface area contributed by atoms with Gasteiger partial charge in [-0.25, -0.2) is 10.4 Å². The van der Waals surface area contributed by atoms with Gasteiger partial charge in [-0.05, 0) is 110 Å². The summed E-state index contributed by atoms with van der Waals surface area (Å²) >= 11 is 9.82. The van der Waals surface area contributed by atoms with E-state index in [1.807, 2.05) is 45.3 Å². The lowest BCUT2D eigenvalue weighted by Gasteiger charge is -2.34. The van der Waals surface area contributed by atoms with Crippen LogP contribution in [0.5, 0.6) is 0 Å². The molecule has 2 unspecified atom stereocenters. The number of rotatable bonds is 43. The minimum Gasteiger partial charge on any atom is -0.267 e. The SMILES string of the molecule is C=Cc1cc2c(s1)-c1sc(C(CC)(CCCC)c3sc(-c4cc5c(s4)-c4sc(C(C=C)(CC)CC(CC)CC)cc4C5(CCCCCC)CCCCCC)c4c3C(=O)N(NCCCCCCCC)C4=O)cc1C2(CCCCCC)CCCCCC. The van der Waals surface area contributed by atoms with Crippen LogP contribution < -0.4 is 5.43 Å². The highest BCUT2D eigenvalue weighted by atomic mass is 32.1. The van der Waals surface area contributed by atoms with Crippen LogP contribution in [0, 0.1) is 5.92 Å². The molecular weight excluding hydrogens is 1130 g/mol. The molecule has 0 saturated heterocycles. The zero-order chi connectivity index (χ0) is 60.8. The number of fused-ring (bicyclic) bond motifs is 7. The van der Waals surface area contributed by atoms with Crippen LogP contribution in [0.2, 0.25) is 0 Å². The number of hydrogen-bond acceptors (Lipinski definition) is 8. The van der Waals surface area contributed by atoms with Crippen molar-refractivity contribution in [3.05, 3.63) is 96.4 Å². The van der Waals surface area contributed by atoms with Gasteiger partial charge in [0, 0.05) is 72.1 Å². The first-order valence-electron chi connectivity index (χ1n) is 35.1. The molecule has 1 N–H and O–H groups in total. The van der Waals surface area contributed by atoms with E-state index in [4.69, 9.17) is 0 Å². The second-order valence-corrected chi connectivity index (χ2v) is 31.6. The van der Waals surface area contributed by atoms with Crippen LogP contribution in [0.4, 0.5) is 0 Å². The minimum atomic E-state index is -0.445. The van der Waals surface area contributed by atoms with Gasteiger partial charge >= 0.3 is 0 Å². The van der Waals surface area contributed by atoms with Crippen molar-refractivity contribution in [2.75, 3.05) is 6.54 Å². The molecule has 0 fully saturated rings. The number of hydrazine groups is 1. The van der Waals surface area contributed by atoms with Crippen molar-refractivity contribution in [3.63, 3.8) is 0 Å². The topological polar surface area (TPSA) is 49.4 Å². The summed E-state index contributed by atoms with van der Waals surface area (Å²) in [6.07, 6.45) is 44.3. The predicted molar refractivity (Wildman–Crippen MR) is 379 cm³/mol. The van der Waals surface area contributed by atoms with Crippen LogP contribution in [0.15, 0.2) is 43.5 Å². The molecule has 5 aromatic heterocycles. The number of carbonyl (C=O) groups is 2. The van der Waals surface area contributed by atoms with E-state index in [9.17, 15) is 0 Å². The molecule has 0 aromatic carbocycles. The number of carbonyl (C=O) groups excluding carboxylic acids is 2. The molecule has 3 aliphatic rings. The van der Waals surface area contributed by atoms with Crippen LogP contribution in [-0.2, 0) is 21.7 Å². The largest absolute Gasteiger partial charge is 0.277 e. The van der Waals surface area contributed by atoms with Gasteiger partial charge < -0.3 is 0 Å². The number of thiophene rings is 5. The van der Waals surface area contributed by atoms with Crippen LogP contribution in [0.1, 0.15) is 350 Å². The Kier molecular flexibility index (Phi) is 25.4. The fraction of sp³-hybridized carbons (Fsp3) is 0.658. The van der Waals surface area contributed by atoms with E-state index in [0.29, 0.717) is 23.6 Å². The number of unbranched alkanes of at least 4 members (excludes halogenated alkanes) is 18. The summed E-state index contributed by atoms with van der Waals surface area (Å²) in [5.41, 5.74) is 10.3. The zero-order valence-corrected chi connectivity index (χ0v) is 59.1. The zero-order valence-electron chi connectivity index (χ0n) is 55.0. The van der Waals surface area contributed by atoms with E-state index in [2.05, 4.69) is 136 Å². The van der Waals surface area contributed by atoms with Crippen LogP contribution in [0.3, 0.4) is 0 Å². The molecule has 0 saturated carbocycles. The molecule has 2 aliphatic carbocycles. The molecule has 9 heteroatoms. The van der Waals surface area contributed by atoms with Gasteiger partial charge in [-0.15, -0.1) is 63.3 Å².